The lowest BCUT2D eigenvalue weighted by Crippen LogP contribution is -2.48. The van der Waals surface area contributed by atoms with Crippen LogP contribution >= 0.6 is 11.6 Å². The number of hydrogen-bond donors (Lipinski definition) is 3. The predicted molar refractivity (Wildman–Crippen MR) is 121 cm³/mol. The van der Waals surface area contributed by atoms with Gasteiger partial charge in [0.05, 0.1) is 40.8 Å². The lowest BCUT2D eigenvalue weighted by molar-refractivity contribution is 0.251. The third-order valence-corrected chi connectivity index (χ3v) is 6.15. The van der Waals surface area contributed by atoms with Crippen LogP contribution in [-0.2, 0) is 0 Å². The molecule has 0 unspecified atom stereocenters. The molecule has 0 radical (unpaired) electrons. The van der Waals surface area contributed by atoms with E-state index in [1.165, 1.54) is 10.7 Å². The molecule has 2 aliphatic rings. The zero-order valence-electron chi connectivity index (χ0n) is 17.5. The molecule has 2 fully saturated rings. The average molecular weight is 467 g/mol. The van der Waals surface area contributed by atoms with E-state index in [9.17, 15) is 14.9 Å². The highest BCUT2D eigenvalue weighted by Gasteiger charge is 2.29. The van der Waals surface area contributed by atoms with E-state index in [1.54, 1.807) is 17.0 Å². The number of nitrogens with two attached hydrogens (primary N) is 1. The molecule has 0 spiro atoms. The van der Waals surface area contributed by atoms with Gasteiger partial charge < -0.3 is 21.3 Å². The maximum atomic E-state index is 14.3. The Balaban J connectivity index is 1.54. The third-order valence-electron chi connectivity index (χ3n) is 5.76. The number of nitrogens with zero attached hydrogens (tertiary/aromatic N) is 7. The number of benzene rings is 1. The van der Waals surface area contributed by atoms with E-state index < -0.39 is 12.2 Å². The van der Waals surface area contributed by atoms with Crippen LogP contribution in [0, 0.1) is 22.7 Å². The number of alkyl halides is 1. The van der Waals surface area contributed by atoms with Gasteiger partial charge in [-0.1, -0.05) is 11.6 Å². The first-order valence-electron chi connectivity index (χ1n) is 10.5. The van der Waals surface area contributed by atoms with Gasteiger partial charge in [0, 0.05) is 18.6 Å². The summed E-state index contributed by atoms with van der Waals surface area (Å²) in [5, 5.41) is 30.0. The van der Waals surface area contributed by atoms with E-state index in [1.807, 2.05) is 0 Å². The third kappa shape index (κ3) is 4.09. The van der Waals surface area contributed by atoms with Crippen LogP contribution in [0.4, 0.5) is 27.5 Å². The van der Waals surface area contributed by atoms with Crippen molar-refractivity contribution in [1.29, 1.82) is 10.5 Å². The van der Waals surface area contributed by atoms with E-state index in [4.69, 9.17) is 17.3 Å². The van der Waals surface area contributed by atoms with Gasteiger partial charge in [-0.25, -0.2) is 9.37 Å². The Morgan fingerprint density at radius 3 is 2.73 bits per heavy atom. The van der Waals surface area contributed by atoms with Crippen molar-refractivity contribution in [2.45, 2.75) is 37.5 Å². The van der Waals surface area contributed by atoms with Crippen LogP contribution in [0.1, 0.15) is 30.5 Å². The monoisotopic (exact) mass is 466 g/mol. The molecule has 168 valence electrons. The maximum absolute atomic E-state index is 14.3. The summed E-state index contributed by atoms with van der Waals surface area (Å²) in [5.41, 5.74) is 7.78. The molecule has 33 heavy (non-hydrogen) atoms. The van der Waals surface area contributed by atoms with Crippen molar-refractivity contribution in [2.75, 3.05) is 28.6 Å². The summed E-state index contributed by atoms with van der Waals surface area (Å²) in [6, 6.07) is 7.17. The molecule has 4 N–H and O–H groups in total. The molecule has 0 amide bonds. The Bertz CT molecular complexity index is 1310. The number of aromatic nitrogens is 4. The normalized spacial score (nSPS) is 20.3. The van der Waals surface area contributed by atoms with E-state index in [0.29, 0.717) is 52.4 Å². The molecule has 2 atom stereocenters. The number of piperidine rings is 1. The second-order valence-corrected chi connectivity index (χ2v) is 8.58. The smallest absolute Gasteiger partial charge is 0.247 e. The predicted octanol–water partition coefficient (Wildman–Crippen LogP) is 2.71. The van der Waals surface area contributed by atoms with Crippen molar-refractivity contribution in [3.8, 4) is 12.1 Å². The molecule has 2 aromatic heterocycles. The van der Waals surface area contributed by atoms with Gasteiger partial charge in [-0.2, -0.15) is 20.0 Å². The largest absolute Gasteiger partial charge is 0.367 e. The Hall–Kier alpha value is -3.67. The van der Waals surface area contributed by atoms with Crippen molar-refractivity contribution in [3.05, 3.63) is 34.6 Å². The number of fused-ring (bicyclic) bond motifs is 1. The molecule has 0 bridgehead atoms. The van der Waals surface area contributed by atoms with Crippen LogP contribution in [-0.4, -0.2) is 50.9 Å². The second-order valence-electron chi connectivity index (χ2n) is 8.20. The molecule has 3 aromatic rings. The lowest BCUT2D eigenvalue weighted by Gasteiger charge is -2.35. The summed E-state index contributed by atoms with van der Waals surface area (Å²) in [6.45, 7) is 0.613. The number of nitriles is 2. The first-order valence-corrected chi connectivity index (χ1v) is 10.9. The fourth-order valence-corrected chi connectivity index (χ4v) is 4.06. The van der Waals surface area contributed by atoms with E-state index in [0.717, 1.165) is 12.8 Å². The Kier molecular flexibility index (Phi) is 5.36. The molecular formula is C21H20ClFN10. The highest BCUT2D eigenvalue weighted by molar-refractivity contribution is 6.36. The van der Waals surface area contributed by atoms with Gasteiger partial charge in [0.25, 0.3) is 0 Å². The minimum absolute atomic E-state index is 0.0910. The zero-order valence-corrected chi connectivity index (χ0v) is 18.2. The summed E-state index contributed by atoms with van der Waals surface area (Å²) in [5.74, 6) is 0.668. The number of anilines is 4. The fourth-order valence-electron chi connectivity index (χ4n) is 3.79. The summed E-state index contributed by atoms with van der Waals surface area (Å²) in [6.07, 6.45) is 2.77. The molecule has 1 saturated heterocycles. The SMILES string of the molecule is N#Cc1cc(Nc2nc(NC3CC3)c3ncc(C#N)n3n2)c(Cl)c(N2CC[C@H](N)[C@H](F)C2)c1. The lowest BCUT2D eigenvalue weighted by atomic mass is 10.0. The fraction of sp³-hybridized carbons (Fsp3) is 0.381. The molecule has 5 rings (SSSR count). The van der Waals surface area contributed by atoms with Crippen molar-refractivity contribution in [1.82, 2.24) is 19.6 Å². The topological polar surface area (TPSA) is 144 Å². The number of halogens is 2. The average Bonchev–Trinajstić information content (AvgIpc) is 3.53. The number of rotatable bonds is 5. The summed E-state index contributed by atoms with van der Waals surface area (Å²) in [7, 11) is 0. The molecule has 1 aliphatic heterocycles. The standard InChI is InChI=1S/C21H20ClFN10/c22-18-16(5-11(7-24)6-17(18)32-4-3-15(26)14(23)10-32)29-21-30-19(28-12-1-2-12)20-27-9-13(8-25)33(20)31-21/h5-6,9,12,14-15H,1-4,10,26H2,(H2,28,29,30,31)/t14-,15+/m1/s1. The van der Waals surface area contributed by atoms with Crippen LogP contribution < -0.4 is 21.3 Å². The highest BCUT2D eigenvalue weighted by atomic mass is 35.5. The van der Waals surface area contributed by atoms with E-state index >= 15 is 0 Å². The minimum atomic E-state index is -1.19. The van der Waals surface area contributed by atoms with E-state index in [-0.39, 0.29) is 18.2 Å². The zero-order chi connectivity index (χ0) is 23.1. The van der Waals surface area contributed by atoms with Crippen molar-refractivity contribution in [2.24, 2.45) is 5.73 Å². The minimum Gasteiger partial charge on any atom is -0.367 e. The second kappa shape index (κ2) is 8.35. The van der Waals surface area contributed by atoms with Crippen LogP contribution in [0.2, 0.25) is 5.02 Å². The quantitative estimate of drug-likeness (QED) is 0.516. The Labute approximate surface area is 193 Å². The van der Waals surface area contributed by atoms with Gasteiger partial charge in [-0.3, -0.25) is 0 Å². The van der Waals surface area contributed by atoms with Crippen LogP contribution in [0.5, 0.6) is 0 Å². The van der Waals surface area contributed by atoms with Gasteiger partial charge in [-0.05, 0) is 31.4 Å². The van der Waals surface area contributed by atoms with Gasteiger partial charge in [0.1, 0.15) is 12.2 Å². The summed E-state index contributed by atoms with van der Waals surface area (Å²) < 4.78 is 15.7. The molecule has 12 heteroatoms. The molecule has 3 heterocycles. The van der Waals surface area contributed by atoms with E-state index in [2.05, 4.69) is 37.8 Å². The number of hydrogen-bond acceptors (Lipinski definition) is 9. The maximum Gasteiger partial charge on any atom is 0.247 e. The van der Waals surface area contributed by atoms with Gasteiger partial charge in [-0.15, -0.1) is 5.10 Å². The summed E-state index contributed by atoms with van der Waals surface area (Å²) in [4.78, 5) is 10.6. The van der Waals surface area contributed by atoms with Gasteiger partial charge >= 0.3 is 0 Å². The first-order chi connectivity index (χ1) is 16.0. The van der Waals surface area contributed by atoms with Crippen LogP contribution in [0.3, 0.4) is 0 Å². The van der Waals surface area contributed by atoms with Gasteiger partial charge in [0.2, 0.25) is 5.95 Å². The molecule has 10 nitrogen and oxygen atoms in total. The highest BCUT2D eigenvalue weighted by Crippen LogP contribution is 2.37. The molecule has 1 saturated carbocycles. The van der Waals surface area contributed by atoms with Crippen molar-refractivity contribution in [3.63, 3.8) is 0 Å². The summed E-state index contributed by atoms with van der Waals surface area (Å²) >= 11 is 6.68. The number of imidazole rings is 1. The van der Waals surface area contributed by atoms with Crippen molar-refractivity contribution < 1.29 is 4.39 Å². The molecule has 1 aromatic carbocycles. The Morgan fingerprint density at radius 2 is 2.03 bits per heavy atom. The first kappa shape index (κ1) is 21.2. The molecule has 1 aliphatic carbocycles. The van der Waals surface area contributed by atoms with Crippen molar-refractivity contribution >= 4 is 40.4 Å². The van der Waals surface area contributed by atoms with Crippen LogP contribution in [0.15, 0.2) is 18.3 Å². The van der Waals surface area contributed by atoms with Crippen LogP contribution in [0.25, 0.3) is 5.65 Å². The molecular weight excluding hydrogens is 447 g/mol. The number of nitrogens with one attached hydrogen (secondary N) is 2. The Morgan fingerprint density at radius 1 is 1.21 bits per heavy atom. The van der Waals surface area contributed by atoms with Gasteiger partial charge in [0.15, 0.2) is 17.2 Å².